The highest BCUT2D eigenvalue weighted by Gasteiger charge is 2.47. The van der Waals surface area contributed by atoms with Crippen molar-refractivity contribution in [1.82, 2.24) is 14.8 Å². The number of carbonyl (C=O) groups is 3. The Morgan fingerprint density at radius 2 is 1.83 bits per heavy atom. The maximum atomic E-state index is 13.4. The number of ether oxygens (including phenoxy) is 3. The fraction of sp³-hybridized carbons (Fsp3) is 0.423. The first-order chi connectivity index (χ1) is 17.3. The topological polar surface area (TPSA) is 121 Å². The van der Waals surface area contributed by atoms with Crippen LogP contribution in [0.2, 0.25) is 0 Å². The number of Topliss-reactive ketones (excluding diaryl/α,β-unsaturated/α-hetero) is 1. The number of rotatable bonds is 7. The summed E-state index contributed by atoms with van der Waals surface area (Å²) in [6.07, 6.45) is 0. The molecule has 1 amide bonds. The second-order valence-corrected chi connectivity index (χ2v) is 8.81. The molecule has 36 heavy (non-hydrogen) atoms. The van der Waals surface area contributed by atoms with Crippen LogP contribution in [0.5, 0.6) is 5.75 Å². The molecule has 2 aliphatic heterocycles. The van der Waals surface area contributed by atoms with Gasteiger partial charge in [0.1, 0.15) is 17.2 Å². The number of morpholine rings is 1. The molecule has 3 heterocycles. The van der Waals surface area contributed by atoms with E-state index in [9.17, 15) is 19.5 Å². The van der Waals surface area contributed by atoms with Crippen LogP contribution in [-0.2, 0) is 19.1 Å². The second-order valence-electron chi connectivity index (χ2n) is 8.81. The summed E-state index contributed by atoms with van der Waals surface area (Å²) in [5.41, 5.74) is 1.90. The Labute approximate surface area is 209 Å². The first-order valence-corrected chi connectivity index (χ1v) is 11.8. The lowest BCUT2D eigenvalue weighted by Gasteiger charge is -2.31. The molecule has 2 saturated heterocycles. The van der Waals surface area contributed by atoms with Gasteiger partial charge in [0.15, 0.2) is 0 Å². The Morgan fingerprint density at radius 3 is 2.50 bits per heavy atom. The van der Waals surface area contributed by atoms with E-state index in [1.54, 1.807) is 38.1 Å². The van der Waals surface area contributed by atoms with Crippen LogP contribution in [-0.4, -0.2) is 91.2 Å². The zero-order valence-electron chi connectivity index (χ0n) is 20.9. The summed E-state index contributed by atoms with van der Waals surface area (Å²) in [5.74, 6) is -1.93. The van der Waals surface area contributed by atoms with E-state index < -0.39 is 23.7 Å². The number of benzene rings is 1. The third-order valence-electron chi connectivity index (χ3n) is 6.80. The van der Waals surface area contributed by atoms with Gasteiger partial charge < -0.3 is 29.2 Å². The predicted molar refractivity (Wildman–Crippen MR) is 131 cm³/mol. The first kappa shape index (κ1) is 25.5. The highest BCUT2D eigenvalue weighted by Crippen LogP contribution is 2.43. The fourth-order valence-electron chi connectivity index (χ4n) is 4.95. The van der Waals surface area contributed by atoms with Gasteiger partial charge in [0, 0.05) is 43.0 Å². The lowest BCUT2D eigenvalue weighted by Crippen LogP contribution is -2.42. The molecule has 10 heteroatoms. The molecule has 4 rings (SSSR count). The van der Waals surface area contributed by atoms with E-state index >= 15 is 0 Å². The van der Waals surface area contributed by atoms with Crippen LogP contribution in [0.15, 0.2) is 29.8 Å². The zero-order chi connectivity index (χ0) is 26.0. The van der Waals surface area contributed by atoms with Gasteiger partial charge in [-0.2, -0.15) is 0 Å². The number of amides is 1. The molecule has 0 bridgehead atoms. The van der Waals surface area contributed by atoms with Crippen molar-refractivity contribution < 1.29 is 33.7 Å². The molecule has 2 aromatic rings. The maximum Gasteiger partial charge on any atom is 0.354 e. The summed E-state index contributed by atoms with van der Waals surface area (Å²) in [5, 5.41) is 11.5. The number of H-pyrrole nitrogens is 1. The molecule has 1 atom stereocenters. The molecule has 0 radical (unpaired) electrons. The summed E-state index contributed by atoms with van der Waals surface area (Å²) in [4.78, 5) is 45.5. The van der Waals surface area contributed by atoms with Gasteiger partial charge in [-0.05, 0) is 25.5 Å². The van der Waals surface area contributed by atoms with Gasteiger partial charge in [-0.1, -0.05) is 18.2 Å². The molecule has 2 aliphatic rings. The largest absolute Gasteiger partial charge is 0.507 e. The standard InChI is InChI=1S/C26H31N3O7/c1-15-19(16(2)27-21(15)26(33)35-4)23(30)20-22(17-7-5-6-8-18(17)34-3)29(25(32)24(20)31)10-9-28-11-13-36-14-12-28/h5-8,22,27,30H,9-14H2,1-4H3/t22-/m1/s1. The summed E-state index contributed by atoms with van der Waals surface area (Å²) < 4.78 is 15.8. The average molecular weight is 498 g/mol. The van der Waals surface area contributed by atoms with Crippen molar-refractivity contribution in [1.29, 1.82) is 0 Å². The van der Waals surface area contributed by atoms with Crippen LogP contribution in [0.1, 0.15) is 38.9 Å². The number of likely N-dealkylation sites (tertiary alicyclic amines) is 1. The Morgan fingerprint density at radius 1 is 1.14 bits per heavy atom. The minimum Gasteiger partial charge on any atom is -0.507 e. The average Bonchev–Trinajstić information content (AvgIpc) is 3.33. The van der Waals surface area contributed by atoms with Crippen LogP contribution >= 0.6 is 0 Å². The number of nitrogens with zero attached hydrogens (tertiary/aromatic N) is 2. The molecule has 1 aromatic heterocycles. The Balaban J connectivity index is 1.84. The predicted octanol–water partition coefficient (Wildman–Crippen LogP) is 2.18. The van der Waals surface area contributed by atoms with Gasteiger partial charge in [0.2, 0.25) is 0 Å². The lowest BCUT2D eigenvalue weighted by atomic mass is 9.93. The van der Waals surface area contributed by atoms with Gasteiger partial charge in [-0.25, -0.2) is 4.79 Å². The van der Waals surface area contributed by atoms with Crippen molar-refractivity contribution >= 4 is 23.4 Å². The molecule has 192 valence electrons. The van der Waals surface area contributed by atoms with E-state index in [0.717, 1.165) is 13.1 Å². The van der Waals surface area contributed by atoms with Gasteiger partial charge in [-0.15, -0.1) is 0 Å². The number of nitrogens with one attached hydrogen (secondary N) is 1. The quantitative estimate of drug-likeness (QED) is 0.258. The number of carbonyl (C=O) groups excluding carboxylic acids is 3. The Kier molecular flexibility index (Phi) is 7.46. The number of hydrogen-bond acceptors (Lipinski definition) is 8. The summed E-state index contributed by atoms with van der Waals surface area (Å²) in [6, 6.07) is 6.26. The van der Waals surface area contributed by atoms with Crippen molar-refractivity contribution in [2.75, 3.05) is 53.6 Å². The third-order valence-corrected chi connectivity index (χ3v) is 6.80. The van der Waals surface area contributed by atoms with Crippen molar-refractivity contribution in [3.05, 3.63) is 57.9 Å². The van der Waals surface area contributed by atoms with Crippen LogP contribution in [0, 0.1) is 13.8 Å². The highest BCUT2D eigenvalue weighted by molar-refractivity contribution is 6.46. The monoisotopic (exact) mass is 497 g/mol. The lowest BCUT2D eigenvalue weighted by molar-refractivity contribution is -0.140. The third kappa shape index (κ3) is 4.49. The van der Waals surface area contributed by atoms with Crippen molar-refractivity contribution in [3.63, 3.8) is 0 Å². The zero-order valence-corrected chi connectivity index (χ0v) is 20.9. The van der Waals surface area contributed by atoms with Crippen molar-refractivity contribution in [3.8, 4) is 5.75 Å². The molecule has 0 unspecified atom stereocenters. The van der Waals surface area contributed by atoms with E-state index in [1.165, 1.54) is 19.1 Å². The number of para-hydroxylation sites is 1. The van der Waals surface area contributed by atoms with E-state index in [-0.39, 0.29) is 23.6 Å². The number of esters is 1. The number of aromatic nitrogens is 1. The molecule has 2 N–H and O–H groups in total. The Bertz CT molecular complexity index is 1210. The number of aliphatic hydroxyl groups is 1. The highest BCUT2D eigenvalue weighted by atomic mass is 16.5. The van der Waals surface area contributed by atoms with E-state index in [1.807, 2.05) is 0 Å². The number of aliphatic hydroxyl groups excluding tert-OH is 1. The van der Waals surface area contributed by atoms with Gasteiger partial charge in [0.05, 0.1) is 39.0 Å². The van der Waals surface area contributed by atoms with Gasteiger partial charge in [0.25, 0.3) is 11.7 Å². The smallest absolute Gasteiger partial charge is 0.354 e. The minimum absolute atomic E-state index is 0.0481. The molecule has 0 spiro atoms. The van der Waals surface area contributed by atoms with Crippen molar-refractivity contribution in [2.24, 2.45) is 0 Å². The SMILES string of the molecule is COC(=O)c1[nH]c(C)c(C(O)=C2C(=O)C(=O)N(CCN3CCOCC3)[C@@H]2c2ccccc2OC)c1C. The normalized spacial score (nSPS) is 20.1. The maximum absolute atomic E-state index is 13.4. The number of hydrogen-bond donors (Lipinski definition) is 2. The molecule has 1 aromatic carbocycles. The molecular weight excluding hydrogens is 466 g/mol. The van der Waals surface area contributed by atoms with E-state index in [2.05, 4.69) is 9.88 Å². The van der Waals surface area contributed by atoms with Crippen LogP contribution in [0.4, 0.5) is 0 Å². The second kappa shape index (κ2) is 10.5. The number of methoxy groups -OCH3 is 2. The van der Waals surface area contributed by atoms with Crippen LogP contribution < -0.4 is 4.74 Å². The van der Waals surface area contributed by atoms with Crippen LogP contribution in [0.25, 0.3) is 5.76 Å². The molecule has 0 saturated carbocycles. The van der Waals surface area contributed by atoms with Gasteiger partial charge >= 0.3 is 5.97 Å². The minimum atomic E-state index is -0.863. The Hall–Kier alpha value is -3.63. The fourth-order valence-corrected chi connectivity index (χ4v) is 4.95. The number of aromatic amines is 1. The molecular formula is C26H31N3O7. The molecule has 10 nitrogen and oxygen atoms in total. The summed E-state index contributed by atoms with van der Waals surface area (Å²) in [6.45, 7) is 6.87. The van der Waals surface area contributed by atoms with Gasteiger partial charge in [-0.3, -0.25) is 14.5 Å². The first-order valence-electron chi connectivity index (χ1n) is 11.8. The van der Waals surface area contributed by atoms with E-state index in [0.29, 0.717) is 47.9 Å². The summed E-state index contributed by atoms with van der Waals surface area (Å²) >= 11 is 0. The summed E-state index contributed by atoms with van der Waals surface area (Å²) in [7, 11) is 2.78. The number of ketones is 1. The molecule has 2 fully saturated rings. The molecule has 0 aliphatic carbocycles. The van der Waals surface area contributed by atoms with Crippen molar-refractivity contribution in [2.45, 2.75) is 19.9 Å². The van der Waals surface area contributed by atoms with E-state index in [4.69, 9.17) is 14.2 Å². The number of aryl methyl sites for hydroxylation is 1. The van der Waals surface area contributed by atoms with Crippen LogP contribution in [0.3, 0.4) is 0 Å².